The van der Waals surface area contributed by atoms with Crippen molar-refractivity contribution in [2.45, 2.75) is 25.8 Å². The number of aromatic hydroxyl groups is 1. The highest BCUT2D eigenvalue weighted by molar-refractivity contribution is 7.17. The van der Waals surface area contributed by atoms with E-state index in [9.17, 15) is 9.90 Å². The summed E-state index contributed by atoms with van der Waals surface area (Å²) in [6, 6.07) is 3.60. The lowest BCUT2D eigenvalue weighted by molar-refractivity contribution is -0.121. The molecule has 0 aliphatic carbocycles. The number of aryl methyl sites for hydroxylation is 1. The van der Waals surface area contributed by atoms with Crippen LogP contribution in [0.2, 0.25) is 0 Å². The molecule has 1 aliphatic heterocycles. The molecule has 0 amide bonds. The minimum atomic E-state index is -0.231. The van der Waals surface area contributed by atoms with E-state index in [1.807, 2.05) is 19.1 Å². The van der Waals surface area contributed by atoms with Crippen LogP contribution in [0.5, 0.6) is 5.88 Å². The quantitative estimate of drug-likeness (QED) is 0.791. The summed E-state index contributed by atoms with van der Waals surface area (Å²) in [5.41, 5.74) is 0. The van der Waals surface area contributed by atoms with Gasteiger partial charge in [0.1, 0.15) is 29.7 Å². The van der Waals surface area contributed by atoms with E-state index in [0.29, 0.717) is 30.9 Å². The van der Waals surface area contributed by atoms with Crippen molar-refractivity contribution in [2.24, 2.45) is 0 Å². The Morgan fingerprint density at radius 2 is 2.13 bits per heavy atom. The van der Waals surface area contributed by atoms with Gasteiger partial charge in [-0.2, -0.15) is 9.61 Å². The number of piperidine rings is 1. The van der Waals surface area contributed by atoms with Gasteiger partial charge < -0.3 is 9.52 Å². The molecule has 1 N–H and O–H groups in total. The molecule has 23 heavy (non-hydrogen) atoms. The zero-order valence-electron chi connectivity index (χ0n) is 12.6. The standard InChI is InChI=1S/C15H16N4O3S/c1-9-2-3-11(22-9)12(18-6-4-10(20)5-7-18)13-14(21)19-15(23-13)16-8-17-19/h2-3,8,12,21H,4-7H2,1H3. The van der Waals surface area contributed by atoms with Crippen molar-refractivity contribution >= 4 is 22.1 Å². The Morgan fingerprint density at radius 3 is 2.78 bits per heavy atom. The van der Waals surface area contributed by atoms with Crippen molar-refractivity contribution in [3.63, 3.8) is 0 Å². The molecule has 4 heterocycles. The zero-order valence-corrected chi connectivity index (χ0v) is 13.4. The van der Waals surface area contributed by atoms with Crippen molar-refractivity contribution < 1.29 is 14.3 Å². The van der Waals surface area contributed by atoms with Crippen LogP contribution in [0, 0.1) is 6.92 Å². The van der Waals surface area contributed by atoms with Crippen molar-refractivity contribution in [2.75, 3.05) is 13.1 Å². The van der Waals surface area contributed by atoms with E-state index < -0.39 is 0 Å². The third kappa shape index (κ3) is 2.43. The van der Waals surface area contributed by atoms with Gasteiger partial charge in [0, 0.05) is 25.9 Å². The van der Waals surface area contributed by atoms with Crippen LogP contribution in [-0.2, 0) is 4.79 Å². The lowest BCUT2D eigenvalue weighted by Crippen LogP contribution is -2.37. The van der Waals surface area contributed by atoms with Gasteiger partial charge in [0.25, 0.3) is 0 Å². The van der Waals surface area contributed by atoms with Crippen LogP contribution < -0.4 is 0 Å². The number of Topliss-reactive ketones (excluding diaryl/α,β-unsaturated/α-hetero) is 1. The Hall–Kier alpha value is -2.19. The first-order valence-corrected chi connectivity index (χ1v) is 8.28. The molecule has 0 aromatic carbocycles. The highest BCUT2D eigenvalue weighted by Gasteiger charge is 2.33. The molecule has 120 valence electrons. The van der Waals surface area contributed by atoms with Crippen LogP contribution in [0.15, 0.2) is 22.9 Å². The first kappa shape index (κ1) is 14.4. The lowest BCUT2D eigenvalue weighted by atomic mass is 10.0. The molecule has 1 aliphatic rings. The predicted molar refractivity (Wildman–Crippen MR) is 83.6 cm³/mol. The van der Waals surface area contributed by atoms with Crippen LogP contribution in [0.1, 0.15) is 35.3 Å². The van der Waals surface area contributed by atoms with Gasteiger partial charge in [-0.05, 0) is 19.1 Å². The topological polar surface area (TPSA) is 83.9 Å². The smallest absolute Gasteiger partial charge is 0.230 e. The third-order valence-corrected chi connectivity index (χ3v) is 5.23. The van der Waals surface area contributed by atoms with Crippen molar-refractivity contribution in [1.82, 2.24) is 19.5 Å². The minimum Gasteiger partial charge on any atom is -0.492 e. The number of likely N-dealkylation sites (tertiary alicyclic amines) is 1. The van der Waals surface area contributed by atoms with E-state index in [4.69, 9.17) is 4.42 Å². The maximum absolute atomic E-state index is 11.6. The van der Waals surface area contributed by atoms with E-state index >= 15 is 0 Å². The van der Waals surface area contributed by atoms with Gasteiger partial charge in [0.2, 0.25) is 10.8 Å². The molecule has 1 atom stereocenters. The number of aromatic nitrogens is 3. The minimum absolute atomic E-state index is 0.0819. The summed E-state index contributed by atoms with van der Waals surface area (Å²) in [5.74, 6) is 1.94. The number of thiazole rings is 1. The summed E-state index contributed by atoms with van der Waals surface area (Å²) in [7, 11) is 0. The summed E-state index contributed by atoms with van der Waals surface area (Å²) < 4.78 is 7.26. The number of rotatable bonds is 3. The average molecular weight is 332 g/mol. The average Bonchev–Trinajstić information content (AvgIpc) is 3.22. The third-order valence-electron chi connectivity index (χ3n) is 4.14. The highest BCUT2D eigenvalue weighted by atomic mass is 32.1. The van der Waals surface area contributed by atoms with E-state index in [1.54, 1.807) is 0 Å². The van der Waals surface area contributed by atoms with E-state index in [2.05, 4.69) is 15.0 Å². The number of nitrogens with zero attached hydrogens (tertiary/aromatic N) is 4. The molecule has 0 saturated carbocycles. The maximum Gasteiger partial charge on any atom is 0.230 e. The molecule has 8 heteroatoms. The van der Waals surface area contributed by atoms with Crippen LogP contribution >= 0.6 is 11.3 Å². The van der Waals surface area contributed by atoms with E-state index in [1.165, 1.54) is 22.2 Å². The van der Waals surface area contributed by atoms with Gasteiger partial charge in [-0.25, -0.2) is 4.98 Å². The van der Waals surface area contributed by atoms with Gasteiger partial charge in [-0.1, -0.05) is 11.3 Å². The monoisotopic (exact) mass is 332 g/mol. The number of carbonyl (C=O) groups excluding carboxylic acids is 1. The molecule has 3 aromatic rings. The number of carbonyl (C=O) groups is 1. The molecule has 1 unspecified atom stereocenters. The molecule has 4 rings (SSSR count). The Bertz CT molecular complexity index is 855. The van der Waals surface area contributed by atoms with Crippen LogP contribution in [0.25, 0.3) is 4.96 Å². The molecule has 0 radical (unpaired) electrons. The van der Waals surface area contributed by atoms with Crippen molar-refractivity contribution in [3.8, 4) is 5.88 Å². The number of furan rings is 1. The molecular formula is C15H16N4O3S. The van der Waals surface area contributed by atoms with E-state index in [0.717, 1.165) is 16.4 Å². The first-order valence-electron chi connectivity index (χ1n) is 7.47. The Morgan fingerprint density at radius 1 is 1.35 bits per heavy atom. The fourth-order valence-electron chi connectivity index (χ4n) is 2.98. The summed E-state index contributed by atoms with van der Waals surface area (Å²) in [6.07, 6.45) is 2.47. The predicted octanol–water partition coefficient (Wildman–Crippen LogP) is 2.15. The highest BCUT2D eigenvalue weighted by Crippen LogP contribution is 2.40. The van der Waals surface area contributed by atoms with Crippen LogP contribution in [-0.4, -0.2) is 43.5 Å². The normalized spacial score (nSPS) is 17.9. The van der Waals surface area contributed by atoms with Crippen LogP contribution in [0.4, 0.5) is 0 Å². The summed E-state index contributed by atoms with van der Waals surface area (Å²) in [6.45, 7) is 3.19. The van der Waals surface area contributed by atoms with Gasteiger partial charge in [-0.3, -0.25) is 9.69 Å². The number of fused-ring (bicyclic) bond motifs is 1. The molecule has 3 aromatic heterocycles. The van der Waals surface area contributed by atoms with Gasteiger partial charge >= 0.3 is 0 Å². The SMILES string of the molecule is Cc1ccc(C(c2sc3ncnn3c2O)N2CCC(=O)CC2)o1. The molecule has 0 spiro atoms. The molecular weight excluding hydrogens is 316 g/mol. The molecule has 1 saturated heterocycles. The number of hydrogen-bond acceptors (Lipinski definition) is 7. The van der Waals surface area contributed by atoms with Crippen LogP contribution in [0.3, 0.4) is 0 Å². The first-order chi connectivity index (χ1) is 11.1. The second-order valence-corrected chi connectivity index (χ2v) is 6.68. The number of ketones is 1. The molecule has 1 fully saturated rings. The fraction of sp³-hybridized carbons (Fsp3) is 0.400. The Kier molecular flexibility index (Phi) is 3.42. The largest absolute Gasteiger partial charge is 0.492 e. The zero-order chi connectivity index (χ0) is 16.0. The molecule has 0 bridgehead atoms. The second kappa shape index (κ2) is 5.47. The Balaban J connectivity index is 1.79. The second-order valence-electron chi connectivity index (χ2n) is 5.67. The maximum atomic E-state index is 11.6. The summed E-state index contributed by atoms with van der Waals surface area (Å²) in [5, 5.41) is 14.6. The molecule has 7 nitrogen and oxygen atoms in total. The van der Waals surface area contributed by atoms with Crippen molar-refractivity contribution in [1.29, 1.82) is 0 Å². The summed E-state index contributed by atoms with van der Waals surface area (Å²) >= 11 is 1.39. The summed E-state index contributed by atoms with van der Waals surface area (Å²) in [4.78, 5) is 19.2. The van der Waals surface area contributed by atoms with Gasteiger partial charge in [0.05, 0.1) is 4.88 Å². The van der Waals surface area contributed by atoms with Gasteiger partial charge in [-0.15, -0.1) is 0 Å². The van der Waals surface area contributed by atoms with E-state index in [-0.39, 0.29) is 17.7 Å². The Labute approximate surface area is 136 Å². The number of hydrogen-bond donors (Lipinski definition) is 1. The lowest BCUT2D eigenvalue weighted by Gasteiger charge is -2.32. The van der Waals surface area contributed by atoms with Gasteiger partial charge in [0.15, 0.2) is 0 Å². The van der Waals surface area contributed by atoms with Crippen molar-refractivity contribution in [3.05, 3.63) is 34.9 Å². The fourth-order valence-corrected chi connectivity index (χ4v) is 4.05.